The van der Waals surface area contributed by atoms with Gasteiger partial charge < -0.3 is 15.2 Å². The highest BCUT2D eigenvalue weighted by atomic mass is 16.6. The number of benzene rings is 1. The van der Waals surface area contributed by atoms with E-state index in [0.29, 0.717) is 13.1 Å². The number of ether oxygens (including phenoxy) is 1. The molecule has 1 aromatic rings. The van der Waals surface area contributed by atoms with E-state index in [1.54, 1.807) is 18.7 Å². The Balaban J connectivity index is 2.19. The van der Waals surface area contributed by atoms with Gasteiger partial charge in [0.2, 0.25) is 0 Å². The van der Waals surface area contributed by atoms with Gasteiger partial charge in [0.15, 0.2) is 0 Å². The highest BCUT2D eigenvalue weighted by molar-refractivity contribution is 5.89. The lowest BCUT2D eigenvalue weighted by Crippen LogP contribution is -2.44. The van der Waals surface area contributed by atoms with Crippen LogP contribution < -0.4 is 10.2 Å². The SMILES string of the molecule is CC(C)(O)CNC1CCN(C(=O)OC(C)(C)C)c2ccccc21. The first kappa shape index (κ1) is 17.8. The molecule has 0 radical (unpaired) electrons. The largest absolute Gasteiger partial charge is 0.443 e. The van der Waals surface area contributed by atoms with Crippen LogP contribution >= 0.6 is 0 Å². The first-order valence-electron chi connectivity index (χ1n) is 8.12. The lowest BCUT2D eigenvalue weighted by molar-refractivity contribution is 0.0569. The molecule has 1 amide bonds. The fourth-order valence-electron chi connectivity index (χ4n) is 2.65. The predicted octanol–water partition coefficient (Wildman–Crippen LogP) is 3.23. The molecule has 0 saturated carbocycles. The normalized spacial score (nSPS) is 18.5. The molecule has 128 valence electrons. The van der Waals surface area contributed by atoms with Crippen LogP contribution in [0.25, 0.3) is 0 Å². The Bertz CT molecular complexity index is 558. The van der Waals surface area contributed by atoms with Crippen LogP contribution in [0.2, 0.25) is 0 Å². The van der Waals surface area contributed by atoms with Crippen LogP contribution in [0, 0.1) is 0 Å². The van der Waals surface area contributed by atoms with Gasteiger partial charge in [0.25, 0.3) is 0 Å². The molecule has 0 fully saturated rings. The van der Waals surface area contributed by atoms with Crippen LogP contribution in [0.15, 0.2) is 24.3 Å². The lowest BCUT2D eigenvalue weighted by atomic mass is 9.96. The summed E-state index contributed by atoms with van der Waals surface area (Å²) < 4.78 is 5.51. The van der Waals surface area contributed by atoms with E-state index in [0.717, 1.165) is 17.7 Å². The summed E-state index contributed by atoms with van der Waals surface area (Å²) in [5, 5.41) is 13.3. The fourth-order valence-corrected chi connectivity index (χ4v) is 2.65. The molecule has 1 aromatic carbocycles. The summed E-state index contributed by atoms with van der Waals surface area (Å²) in [7, 11) is 0. The van der Waals surface area contributed by atoms with E-state index >= 15 is 0 Å². The van der Waals surface area contributed by atoms with Gasteiger partial charge in [0, 0.05) is 19.1 Å². The predicted molar refractivity (Wildman–Crippen MR) is 91.7 cm³/mol. The molecule has 2 N–H and O–H groups in total. The Morgan fingerprint density at radius 1 is 1.30 bits per heavy atom. The third kappa shape index (κ3) is 4.94. The highest BCUT2D eigenvalue weighted by Gasteiger charge is 2.31. The number of hydrogen-bond acceptors (Lipinski definition) is 4. The molecule has 5 heteroatoms. The van der Waals surface area contributed by atoms with E-state index in [4.69, 9.17) is 4.74 Å². The van der Waals surface area contributed by atoms with E-state index in [1.165, 1.54) is 0 Å². The van der Waals surface area contributed by atoms with Crippen LogP contribution in [0.3, 0.4) is 0 Å². The molecular weight excluding hydrogens is 292 g/mol. The molecular formula is C18H28N2O3. The number of carbonyl (C=O) groups is 1. The molecule has 0 bridgehead atoms. The number of nitrogens with zero attached hydrogens (tertiary/aromatic N) is 1. The minimum Gasteiger partial charge on any atom is -0.443 e. The van der Waals surface area contributed by atoms with Crippen molar-refractivity contribution >= 4 is 11.8 Å². The van der Waals surface area contributed by atoms with Crippen molar-refractivity contribution in [3.8, 4) is 0 Å². The summed E-state index contributed by atoms with van der Waals surface area (Å²) in [6.45, 7) is 10.3. The number of rotatable bonds is 3. The molecule has 0 saturated heterocycles. The van der Waals surface area contributed by atoms with Crippen LogP contribution in [0.5, 0.6) is 0 Å². The van der Waals surface area contributed by atoms with Crippen molar-refractivity contribution in [1.82, 2.24) is 5.32 Å². The number of para-hydroxylation sites is 1. The van der Waals surface area contributed by atoms with Crippen molar-refractivity contribution in [2.75, 3.05) is 18.0 Å². The zero-order chi connectivity index (χ0) is 17.3. The molecule has 1 aliphatic heterocycles. The second-order valence-electron chi connectivity index (χ2n) is 7.73. The number of fused-ring (bicyclic) bond motifs is 1. The number of hydrogen-bond donors (Lipinski definition) is 2. The zero-order valence-electron chi connectivity index (χ0n) is 14.7. The minimum absolute atomic E-state index is 0.122. The second-order valence-corrected chi connectivity index (χ2v) is 7.73. The Kier molecular flexibility index (Phi) is 5.01. The standard InChI is InChI=1S/C18H28N2O3/c1-17(2,3)23-16(21)20-11-10-14(19-12-18(4,5)22)13-8-6-7-9-15(13)20/h6-9,14,19,22H,10-12H2,1-5H3. The van der Waals surface area contributed by atoms with Crippen molar-refractivity contribution < 1.29 is 14.6 Å². The van der Waals surface area contributed by atoms with Gasteiger partial charge in [-0.05, 0) is 52.7 Å². The maximum absolute atomic E-state index is 12.4. The molecule has 0 aromatic heterocycles. The maximum Gasteiger partial charge on any atom is 0.414 e. The smallest absolute Gasteiger partial charge is 0.414 e. The molecule has 1 heterocycles. The van der Waals surface area contributed by atoms with E-state index in [9.17, 15) is 9.90 Å². The van der Waals surface area contributed by atoms with Crippen molar-refractivity contribution in [1.29, 1.82) is 0 Å². The van der Waals surface area contributed by atoms with Crippen LogP contribution in [-0.4, -0.2) is 35.5 Å². The summed E-state index contributed by atoms with van der Waals surface area (Å²) in [4.78, 5) is 14.1. The average molecular weight is 320 g/mol. The molecule has 1 atom stereocenters. The molecule has 5 nitrogen and oxygen atoms in total. The monoisotopic (exact) mass is 320 g/mol. The molecule has 1 aliphatic rings. The second kappa shape index (κ2) is 6.49. The molecule has 1 unspecified atom stereocenters. The van der Waals surface area contributed by atoms with Crippen molar-refractivity contribution in [2.24, 2.45) is 0 Å². The number of aliphatic hydroxyl groups is 1. The van der Waals surface area contributed by atoms with Crippen LogP contribution in [-0.2, 0) is 4.74 Å². The third-order valence-electron chi connectivity index (χ3n) is 3.64. The molecule has 23 heavy (non-hydrogen) atoms. The average Bonchev–Trinajstić information content (AvgIpc) is 2.41. The molecule has 2 rings (SSSR count). The Labute approximate surface area is 138 Å². The van der Waals surface area contributed by atoms with E-state index < -0.39 is 11.2 Å². The van der Waals surface area contributed by atoms with Crippen molar-refractivity contribution in [2.45, 2.75) is 58.3 Å². The number of carbonyl (C=O) groups excluding carboxylic acids is 1. The summed E-state index contributed by atoms with van der Waals surface area (Å²) >= 11 is 0. The van der Waals surface area contributed by atoms with Crippen LogP contribution in [0.1, 0.15) is 52.6 Å². The zero-order valence-corrected chi connectivity index (χ0v) is 14.7. The Morgan fingerprint density at radius 2 is 1.96 bits per heavy atom. The topological polar surface area (TPSA) is 61.8 Å². The van der Waals surface area contributed by atoms with Crippen molar-refractivity contribution in [3.63, 3.8) is 0 Å². The Hall–Kier alpha value is -1.59. The minimum atomic E-state index is -0.767. The van der Waals surface area contributed by atoms with E-state index in [1.807, 2.05) is 45.0 Å². The van der Waals surface area contributed by atoms with Crippen LogP contribution in [0.4, 0.5) is 10.5 Å². The van der Waals surface area contributed by atoms with Gasteiger partial charge in [0.1, 0.15) is 5.60 Å². The fraction of sp³-hybridized carbons (Fsp3) is 0.611. The molecule has 0 aliphatic carbocycles. The summed E-state index contributed by atoms with van der Waals surface area (Å²) in [5.41, 5.74) is 0.661. The Morgan fingerprint density at radius 3 is 2.57 bits per heavy atom. The van der Waals surface area contributed by atoms with Crippen molar-refractivity contribution in [3.05, 3.63) is 29.8 Å². The quantitative estimate of drug-likeness (QED) is 0.897. The summed E-state index contributed by atoms with van der Waals surface area (Å²) in [5.74, 6) is 0. The first-order valence-corrected chi connectivity index (χ1v) is 8.12. The maximum atomic E-state index is 12.4. The summed E-state index contributed by atoms with van der Waals surface area (Å²) in [6, 6.07) is 7.98. The number of amides is 1. The highest BCUT2D eigenvalue weighted by Crippen LogP contribution is 2.34. The van der Waals surface area contributed by atoms with Gasteiger partial charge in [-0.3, -0.25) is 4.90 Å². The lowest BCUT2D eigenvalue weighted by Gasteiger charge is -2.36. The van der Waals surface area contributed by atoms with Gasteiger partial charge in [0.05, 0.1) is 11.3 Å². The number of anilines is 1. The van der Waals surface area contributed by atoms with Gasteiger partial charge in [-0.15, -0.1) is 0 Å². The van der Waals surface area contributed by atoms with Gasteiger partial charge in [-0.1, -0.05) is 18.2 Å². The van der Waals surface area contributed by atoms with Gasteiger partial charge in [-0.25, -0.2) is 4.79 Å². The van der Waals surface area contributed by atoms with Gasteiger partial charge >= 0.3 is 6.09 Å². The summed E-state index contributed by atoms with van der Waals surface area (Å²) in [6.07, 6.45) is 0.470. The molecule has 0 spiro atoms. The van der Waals surface area contributed by atoms with E-state index in [2.05, 4.69) is 5.32 Å². The van der Waals surface area contributed by atoms with E-state index in [-0.39, 0.29) is 12.1 Å². The third-order valence-corrected chi connectivity index (χ3v) is 3.64. The number of nitrogens with one attached hydrogen (secondary N) is 1. The van der Waals surface area contributed by atoms with Gasteiger partial charge in [-0.2, -0.15) is 0 Å². The first-order chi connectivity index (χ1) is 10.6.